The molecule has 0 spiro atoms. The molecule has 17 heavy (non-hydrogen) atoms. The van der Waals surface area contributed by atoms with E-state index < -0.39 is 0 Å². The number of hydrogen-bond acceptors (Lipinski definition) is 3. The SMILES string of the molecule is OC[C@@H](NCC1CCCOC1)c1ccccc1. The molecule has 0 radical (unpaired) electrons. The molecule has 1 unspecified atom stereocenters. The fraction of sp³-hybridized carbons (Fsp3) is 0.571. The van der Waals surface area contributed by atoms with Crippen LogP contribution in [-0.2, 0) is 4.74 Å². The molecule has 0 amide bonds. The molecule has 94 valence electrons. The summed E-state index contributed by atoms with van der Waals surface area (Å²) in [5, 5.41) is 12.8. The summed E-state index contributed by atoms with van der Waals surface area (Å²) < 4.78 is 5.45. The molecule has 1 fully saturated rings. The van der Waals surface area contributed by atoms with Crippen molar-refractivity contribution in [3.63, 3.8) is 0 Å². The molecule has 1 aliphatic heterocycles. The van der Waals surface area contributed by atoms with E-state index in [1.54, 1.807) is 0 Å². The zero-order valence-corrected chi connectivity index (χ0v) is 10.1. The maximum atomic E-state index is 9.42. The Balaban J connectivity index is 1.83. The Labute approximate surface area is 103 Å². The molecule has 1 aliphatic rings. The average molecular weight is 235 g/mol. The second kappa shape index (κ2) is 6.74. The summed E-state index contributed by atoms with van der Waals surface area (Å²) in [6, 6.07) is 10.1. The van der Waals surface area contributed by atoms with Gasteiger partial charge in [0.05, 0.1) is 19.3 Å². The summed E-state index contributed by atoms with van der Waals surface area (Å²) in [7, 11) is 0. The fourth-order valence-corrected chi connectivity index (χ4v) is 2.25. The predicted octanol–water partition coefficient (Wildman–Crippen LogP) is 1.74. The van der Waals surface area contributed by atoms with Gasteiger partial charge in [0, 0.05) is 13.2 Å². The Morgan fingerprint density at radius 1 is 1.35 bits per heavy atom. The molecule has 2 rings (SSSR count). The molecule has 1 aromatic rings. The second-order valence-electron chi connectivity index (χ2n) is 4.64. The van der Waals surface area contributed by atoms with E-state index in [0.29, 0.717) is 5.92 Å². The summed E-state index contributed by atoms with van der Waals surface area (Å²) >= 11 is 0. The lowest BCUT2D eigenvalue weighted by molar-refractivity contribution is 0.0527. The van der Waals surface area contributed by atoms with E-state index in [9.17, 15) is 5.11 Å². The highest BCUT2D eigenvalue weighted by Gasteiger charge is 2.16. The van der Waals surface area contributed by atoms with Gasteiger partial charge in [-0.2, -0.15) is 0 Å². The zero-order chi connectivity index (χ0) is 11.9. The molecule has 1 aromatic carbocycles. The van der Waals surface area contributed by atoms with Crippen molar-refractivity contribution in [1.82, 2.24) is 5.32 Å². The molecule has 0 bridgehead atoms. The van der Waals surface area contributed by atoms with Crippen LogP contribution < -0.4 is 5.32 Å². The van der Waals surface area contributed by atoms with E-state index in [2.05, 4.69) is 5.32 Å². The standard InChI is InChI=1S/C14H21NO2/c16-10-14(13-6-2-1-3-7-13)15-9-12-5-4-8-17-11-12/h1-3,6-7,12,14-16H,4-5,8-11H2/t12?,14-/m1/s1. The molecule has 2 atom stereocenters. The quantitative estimate of drug-likeness (QED) is 0.816. The number of ether oxygens (including phenoxy) is 1. The number of nitrogens with one attached hydrogen (secondary N) is 1. The van der Waals surface area contributed by atoms with Crippen molar-refractivity contribution in [1.29, 1.82) is 0 Å². The Bertz CT molecular complexity index is 309. The van der Waals surface area contributed by atoms with E-state index in [4.69, 9.17) is 4.74 Å². The van der Waals surface area contributed by atoms with Crippen LogP contribution >= 0.6 is 0 Å². The van der Waals surface area contributed by atoms with Crippen LogP contribution in [0.3, 0.4) is 0 Å². The molecular formula is C14H21NO2. The predicted molar refractivity (Wildman–Crippen MR) is 67.8 cm³/mol. The normalized spacial score (nSPS) is 22.3. The van der Waals surface area contributed by atoms with Crippen molar-refractivity contribution in [3.8, 4) is 0 Å². The number of rotatable bonds is 5. The van der Waals surface area contributed by atoms with Gasteiger partial charge < -0.3 is 15.2 Å². The molecule has 3 nitrogen and oxygen atoms in total. The van der Waals surface area contributed by atoms with Gasteiger partial charge in [0.1, 0.15) is 0 Å². The Kier molecular flexibility index (Phi) is 4.98. The summed E-state index contributed by atoms with van der Waals surface area (Å²) in [5.41, 5.74) is 1.15. The van der Waals surface area contributed by atoms with Gasteiger partial charge in [0.25, 0.3) is 0 Å². The monoisotopic (exact) mass is 235 g/mol. The van der Waals surface area contributed by atoms with Crippen molar-refractivity contribution in [2.45, 2.75) is 18.9 Å². The molecule has 2 N–H and O–H groups in total. The highest BCUT2D eigenvalue weighted by Crippen LogP contribution is 2.16. The summed E-state index contributed by atoms with van der Waals surface area (Å²) in [6.07, 6.45) is 2.38. The van der Waals surface area contributed by atoms with E-state index >= 15 is 0 Å². The molecule has 3 heteroatoms. The lowest BCUT2D eigenvalue weighted by Crippen LogP contribution is -2.33. The molecule has 1 saturated heterocycles. The number of aliphatic hydroxyl groups is 1. The van der Waals surface area contributed by atoms with Gasteiger partial charge in [-0.3, -0.25) is 0 Å². The summed E-state index contributed by atoms with van der Waals surface area (Å²) in [6.45, 7) is 2.80. The van der Waals surface area contributed by atoms with E-state index in [-0.39, 0.29) is 12.6 Å². The van der Waals surface area contributed by atoms with Crippen molar-refractivity contribution in [2.24, 2.45) is 5.92 Å². The van der Waals surface area contributed by atoms with Crippen LogP contribution in [0.15, 0.2) is 30.3 Å². The molecule has 0 aromatic heterocycles. The number of benzene rings is 1. The minimum atomic E-state index is 0.0399. The molecular weight excluding hydrogens is 214 g/mol. The van der Waals surface area contributed by atoms with Crippen LogP contribution in [0.4, 0.5) is 0 Å². The molecule has 1 heterocycles. The maximum Gasteiger partial charge on any atom is 0.0626 e. The third-order valence-corrected chi connectivity index (χ3v) is 3.29. The van der Waals surface area contributed by atoms with Crippen molar-refractivity contribution in [2.75, 3.05) is 26.4 Å². The Hall–Kier alpha value is -0.900. The Morgan fingerprint density at radius 2 is 2.18 bits per heavy atom. The third kappa shape index (κ3) is 3.80. The van der Waals surface area contributed by atoms with E-state index in [1.807, 2.05) is 30.3 Å². The minimum absolute atomic E-state index is 0.0399. The van der Waals surface area contributed by atoms with E-state index in [1.165, 1.54) is 6.42 Å². The van der Waals surface area contributed by atoms with Gasteiger partial charge >= 0.3 is 0 Å². The third-order valence-electron chi connectivity index (χ3n) is 3.29. The van der Waals surface area contributed by atoms with Gasteiger partial charge in [0.2, 0.25) is 0 Å². The van der Waals surface area contributed by atoms with Gasteiger partial charge in [0.15, 0.2) is 0 Å². The fourth-order valence-electron chi connectivity index (χ4n) is 2.25. The highest BCUT2D eigenvalue weighted by atomic mass is 16.5. The largest absolute Gasteiger partial charge is 0.394 e. The first kappa shape index (κ1) is 12.6. The van der Waals surface area contributed by atoms with Crippen LogP contribution in [0.25, 0.3) is 0 Å². The summed E-state index contributed by atoms with van der Waals surface area (Å²) in [5.74, 6) is 0.585. The van der Waals surface area contributed by atoms with E-state index in [0.717, 1.165) is 31.7 Å². The average Bonchev–Trinajstić information content (AvgIpc) is 2.42. The van der Waals surface area contributed by atoms with Gasteiger partial charge in [-0.05, 0) is 24.3 Å². The van der Waals surface area contributed by atoms with Crippen molar-refractivity contribution >= 4 is 0 Å². The minimum Gasteiger partial charge on any atom is -0.394 e. The first-order chi connectivity index (χ1) is 8.40. The lowest BCUT2D eigenvalue weighted by atomic mass is 10.0. The Morgan fingerprint density at radius 3 is 2.82 bits per heavy atom. The number of hydrogen-bond donors (Lipinski definition) is 2. The lowest BCUT2D eigenvalue weighted by Gasteiger charge is -2.25. The van der Waals surface area contributed by atoms with Crippen LogP contribution in [0.2, 0.25) is 0 Å². The van der Waals surface area contributed by atoms with Crippen LogP contribution in [0.5, 0.6) is 0 Å². The van der Waals surface area contributed by atoms with Crippen molar-refractivity contribution < 1.29 is 9.84 Å². The van der Waals surface area contributed by atoms with Gasteiger partial charge in [-0.15, -0.1) is 0 Å². The van der Waals surface area contributed by atoms with Gasteiger partial charge in [-0.25, -0.2) is 0 Å². The van der Waals surface area contributed by atoms with Gasteiger partial charge in [-0.1, -0.05) is 30.3 Å². The van der Waals surface area contributed by atoms with Crippen LogP contribution in [-0.4, -0.2) is 31.5 Å². The highest BCUT2D eigenvalue weighted by molar-refractivity contribution is 5.18. The van der Waals surface area contributed by atoms with Crippen molar-refractivity contribution in [3.05, 3.63) is 35.9 Å². The smallest absolute Gasteiger partial charge is 0.0626 e. The maximum absolute atomic E-state index is 9.42. The zero-order valence-electron chi connectivity index (χ0n) is 10.1. The van der Waals surface area contributed by atoms with Crippen LogP contribution in [0.1, 0.15) is 24.4 Å². The van der Waals surface area contributed by atoms with Crippen LogP contribution in [0, 0.1) is 5.92 Å². The first-order valence-corrected chi connectivity index (χ1v) is 6.37. The number of aliphatic hydroxyl groups excluding tert-OH is 1. The molecule has 0 aliphatic carbocycles. The molecule has 0 saturated carbocycles. The second-order valence-corrected chi connectivity index (χ2v) is 4.64. The first-order valence-electron chi connectivity index (χ1n) is 6.37. The summed E-state index contributed by atoms with van der Waals surface area (Å²) in [4.78, 5) is 0. The topological polar surface area (TPSA) is 41.5 Å².